The van der Waals surface area contributed by atoms with Gasteiger partial charge in [0.2, 0.25) is 0 Å². The second-order valence-electron chi connectivity index (χ2n) is 6.99. The second kappa shape index (κ2) is 7.94. The number of nitrogens with one attached hydrogen (secondary N) is 2. The van der Waals surface area contributed by atoms with E-state index in [0.717, 1.165) is 37.8 Å². The van der Waals surface area contributed by atoms with E-state index in [2.05, 4.69) is 32.7 Å². The molecule has 2 aromatic heterocycles. The van der Waals surface area contributed by atoms with Gasteiger partial charge in [-0.15, -0.1) is 0 Å². The molecule has 0 atom stereocenters. The van der Waals surface area contributed by atoms with Crippen LogP contribution in [0.4, 0.5) is 22.5 Å². The Morgan fingerprint density at radius 1 is 1.00 bits per heavy atom. The van der Waals surface area contributed by atoms with E-state index in [0.29, 0.717) is 17.3 Å². The quantitative estimate of drug-likeness (QED) is 0.330. The van der Waals surface area contributed by atoms with Crippen LogP contribution in [0.5, 0.6) is 0 Å². The van der Waals surface area contributed by atoms with Crippen molar-refractivity contribution in [1.82, 2.24) is 9.97 Å². The molecule has 0 bridgehead atoms. The lowest BCUT2D eigenvalue weighted by Crippen LogP contribution is -1.96. The Morgan fingerprint density at radius 2 is 1.84 bits per heavy atom. The number of aryl methyl sites for hydroxylation is 1. The standard InChI is InChI=1S/C24H17N5OS/c1-15-6-11-18(27-24-29-19-4-2-3-5-22(19)31-24)12-20(15)28-23-26-14-21(30-23)17-9-7-16(13-25)8-10-17/h2-12,14H,1H3,(H,26,28)(H,27,29). The van der Waals surface area contributed by atoms with Crippen LogP contribution in [0.1, 0.15) is 11.1 Å². The van der Waals surface area contributed by atoms with Crippen LogP contribution in [0.3, 0.4) is 0 Å². The van der Waals surface area contributed by atoms with Crippen molar-refractivity contribution in [1.29, 1.82) is 5.26 Å². The number of anilines is 4. The Kier molecular flexibility index (Phi) is 4.83. The summed E-state index contributed by atoms with van der Waals surface area (Å²) in [7, 11) is 0. The molecule has 0 aliphatic rings. The van der Waals surface area contributed by atoms with Crippen molar-refractivity contribution in [2.45, 2.75) is 6.92 Å². The predicted octanol–water partition coefficient (Wildman–Crippen LogP) is 6.62. The number of para-hydroxylation sites is 1. The number of nitrogens with zero attached hydrogens (tertiary/aromatic N) is 3. The third-order valence-electron chi connectivity index (χ3n) is 4.83. The molecule has 7 heteroatoms. The SMILES string of the molecule is Cc1ccc(Nc2nc3ccccc3s2)cc1Nc1ncc(-c2ccc(C#N)cc2)o1. The zero-order valence-corrected chi connectivity index (χ0v) is 17.4. The van der Waals surface area contributed by atoms with Gasteiger partial charge < -0.3 is 15.1 Å². The highest BCUT2D eigenvalue weighted by molar-refractivity contribution is 7.22. The Morgan fingerprint density at radius 3 is 2.65 bits per heavy atom. The lowest BCUT2D eigenvalue weighted by Gasteiger charge is -2.09. The number of oxazole rings is 1. The summed E-state index contributed by atoms with van der Waals surface area (Å²) < 4.78 is 7.01. The van der Waals surface area contributed by atoms with Crippen LogP contribution in [0, 0.1) is 18.3 Å². The molecular formula is C24H17N5OS. The van der Waals surface area contributed by atoms with E-state index >= 15 is 0 Å². The van der Waals surface area contributed by atoms with Gasteiger partial charge in [0.15, 0.2) is 10.9 Å². The summed E-state index contributed by atoms with van der Waals surface area (Å²) in [5.41, 5.74) is 5.33. The number of benzene rings is 3. The highest BCUT2D eigenvalue weighted by Gasteiger charge is 2.10. The molecule has 5 aromatic rings. The smallest absolute Gasteiger partial charge is 0.299 e. The largest absolute Gasteiger partial charge is 0.423 e. The highest BCUT2D eigenvalue weighted by Crippen LogP contribution is 2.31. The monoisotopic (exact) mass is 423 g/mol. The molecule has 0 aliphatic heterocycles. The lowest BCUT2D eigenvalue weighted by molar-refractivity contribution is 0.592. The third-order valence-corrected chi connectivity index (χ3v) is 5.78. The zero-order valence-electron chi connectivity index (χ0n) is 16.6. The molecule has 3 aromatic carbocycles. The molecule has 0 saturated carbocycles. The molecule has 2 heterocycles. The van der Waals surface area contributed by atoms with Gasteiger partial charge in [0, 0.05) is 16.9 Å². The van der Waals surface area contributed by atoms with Gasteiger partial charge in [-0.05, 0) is 61.0 Å². The van der Waals surface area contributed by atoms with Crippen LogP contribution in [0.2, 0.25) is 0 Å². The van der Waals surface area contributed by atoms with Crippen molar-refractivity contribution in [3.05, 3.63) is 84.1 Å². The number of fused-ring (bicyclic) bond motifs is 1. The van der Waals surface area contributed by atoms with Gasteiger partial charge >= 0.3 is 0 Å². The molecule has 0 saturated heterocycles. The van der Waals surface area contributed by atoms with Gasteiger partial charge in [-0.3, -0.25) is 0 Å². The van der Waals surface area contributed by atoms with E-state index in [1.54, 1.807) is 29.7 Å². The highest BCUT2D eigenvalue weighted by atomic mass is 32.1. The summed E-state index contributed by atoms with van der Waals surface area (Å²) in [6.45, 7) is 2.02. The summed E-state index contributed by atoms with van der Waals surface area (Å²) in [6.07, 6.45) is 1.67. The Hall–Kier alpha value is -4.15. The molecule has 2 N–H and O–H groups in total. The molecular weight excluding hydrogens is 406 g/mol. The fourth-order valence-electron chi connectivity index (χ4n) is 3.17. The fourth-order valence-corrected chi connectivity index (χ4v) is 4.06. The Labute approximate surface area is 182 Å². The Bertz CT molecular complexity index is 1380. The average Bonchev–Trinajstić information content (AvgIpc) is 3.42. The molecule has 6 nitrogen and oxygen atoms in total. The maximum atomic E-state index is 8.94. The van der Waals surface area contributed by atoms with Crippen molar-refractivity contribution >= 4 is 44.1 Å². The number of thiazole rings is 1. The number of nitriles is 1. The molecule has 0 unspecified atom stereocenters. The molecule has 0 aliphatic carbocycles. The fraction of sp³-hybridized carbons (Fsp3) is 0.0417. The van der Waals surface area contributed by atoms with Crippen LogP contribution >= 0.6 is 11.3 Å². The predicted molar refractivity (Wildman–Crippen MR) is 124 cm³/mol. The molecule has 150 valence electrons. The van der Waals surface area contributed by atoms with Gasteiger partial charge in [-0.25, -0.2) is 9.97 Å². The first kappa shape index (κ1) is 18.9. The second-order valence-corrected chi connectivity index (χ2v) is 8.02. The molecule has 31 heavy (non-hydrogen) atoms. The van der Waals surface area contributed by atoms with Crippen LogP contribution in [-0.4, -0.2) is 9.97 Å². The van der Waals surface area contributed by atoms with Crippen LogP contribution in [0.25, 0.3) is 21.5 Å². The van der Waals surface area contributed by atoms with Gasteiger partial charge in [0.25, 0.3) is 6.01 Å². The van der Waals surface area contributed by atoms with Gasteiger partial charge in [0.1, 0.15) is 0 Å². The minimum atomic E-state index is 0.402. The van der Waals surface area contributed by atoms with E-state index in [4.69, 9.17) is 9.68 Å². The summed E-state index contributed by atoms with van der Waals surface area (Å²) in [4.78, 5) is 8.97. The molecule has 0 spiro atoms. The van der Waals surface area contributed by atoms with E-state index in [-0.39, 0.29) is 0 Å². The van der Waals surface area contributed by atoms with Crippen molar-refractivity contribution in [3.8, 4) is 17.4 Å². The van der Waals surface area contributed by atoms with Crippen LogP contribution in [-0.2, 0) is 0 Å². The number of hydrogen-bond donors (Lipinski definition) is 2. The minimum absolute atomic E-state index is 0.402. The van der Waals surface area contributed by atoms with Crippen LogP contribution in [0.15, 0.2) is 77.3 Å². The minimum Gasteiger partial charge on any atom is -0.423 e. The topological polar surface area (TPSA) is 86.8 Å². The van der Waals surface area contributed by atoms with Crippen molar-refractivity contribution in [2.24, 2.45) is 0 Å². The normalized spacial score (nSPS) is 10.7. The maximum Gasteiger partial charge on any atom is 0.299 e. The van der Waals surface area contributed by atoms with Gasteiger partial charge in [-0.2, -0.15) is 5.26 Å². The summed E-state index contributed by atoms with van der Waals surface area (Å²) in [5.74, 6) is 0.633. The average molecular weight is 424 g/mol. The number of rotatable bonds is 5. The zero-order chi connectivity index (χ0) is 21.2. The Balaban J connectivity index is 1.36. The summed E-state index contributed by atoms with van der Waals surface area (Å²) >= 11 is 1.62. The van der Waals surface area contributed by atoms with Crippen LogP contribution < -0.4 is 10.6 Å². The van der Waals surface area contributed by atoms with Gasteiger partial charge in [0.05, 0.1) is 28.0 Å². The molecule has 0 amide bonds. The number of aromatic nitrogens is 2. The van der Waals surface area contributed by atoms with Crippen molar-refractivity contribution in [2.75, 3.05) is 10.6 Å². The molecule has 0 radical (unpaired) electrons. The number of hydrogen-bond acceptors (Lipinski definition) is 7. The molecule has 5 rings (SSSR count). The first-order valence-electron chi connectivity index (χ1n) is 9.64. The third kappa shape index (κ3) is 3.97. The van der Waals surface area contributed by atoms with E-state index < -0.39 is 0 Å². The van der Waals surface area contributed by atoms with E-state index in [1.807, 2.05) is 55.5 Å². The van der Waals surface area contributed by atoms with Gasteiger partial charge in [-0.1, -0.05) is 29.5 Å². The maximum absolute atomic E-state index is 8.94. The van der Waals surface area contributed by atoms with Crippen molar-refractivity contribution < 1.29 is 4.42 Å². The van der Waals surface area contributed by atoms with Crippen molar-refractivity contribution in [3.63, 3.8) is 0 Å². The lowest BCUT2D eigenvalue weighted by atomic mass is 10.1. The van der Waals surface area contributed by atoms with E-state index in [1.165, 1.54) is 0 Å². The summed E-state index contributed by atoms with van der Waals surface area (Å²) in [6, 6.07) is 23.8. The first-order valence-corrected chi connectivity index (χ1v) is 10.5. The van der Waals surface area contributed by atoms with E-state index in [9.17, 15) is 0 Å². The summed E-state index contributed by atoms with van der Waals surface area (Å²) in [5, 5.41) is 16.4. The first-order chi connectivity index (χ1) is 15.2. The molecule has 0 fully saturated rings.